The molecule has 0 unspecified atom stereocenters. The minimum absolute atomic E-state index is 0.110. The molecule has 1 aliphatic heterocycles. The Labute approximate surface area is 166 Å². The van der Waals surface area contributed by atoms with Crippen LogP contribution in [-0.2, 0) is 11.3 Å². The lowest BCUT2D eigenvalue weighted by molar-refractivity contribution is -0.277. The van der Waals surface area contributed by atoms with E-state index in [1.54, 1.807) is 24.5 Å². The van der Waals surface area contributed by atoms with Crippen molar-refractivity contribution >= 4 is 5.91 Å². The standard InChI is InChI=1S/C19H22N2O8/c22-9-13-15(24)16(25)17(26)19(29-13)28-12-3-1-2-11(23)14(12)18(27)21-8-10-4-6-20-7-5-10/h1-7,13,15-17,19,22-26H,8-9H2,(H,21,27)/t13-,15-,16+,17-,19-/m1/s1. The zero-order valence-electron chi connectivity index (χ0n) is 15.3. The van der Waals surface area contributed by atoms with E-state index in [0.717, 1.165) is 5.56 Å². The molecule has 0 bridgehead atoms. The Balaban J connectivity index is 1.78. The average Bonchev–Trinajstić information content (AvgIpc) is 2.73. The summed E-state index contributed by atoms with van der Waals surface area (Å²) in [5.41, 5.74) is 0.596. The lowest BCUT2D eigenvalue weighted by Crippen LogP contribution is -2.60. The topological polar surface area (TPSA) is 162 Å². The SMILES string of the molecule is O=C(NCc1ccncc1)c1c(O)cccc1O[C@@H]1O[C@H](CO)[C@@H](O)[C@H](O)[C@H]1O. The van der Waals surface area contributed by atoms with Gasteiger partial charge in [-0.25, -0.2) is 0 Å². The largest absolute Gasteiger partial charge is 0.507 e. The smallest absolute Gasteiger partial charge is 0.259 e. The molecule has 0 aliphatic carbocycles. The third-order valence-corrected chi connectivity index (χ3v) is 4.53. The van der Waals surface area contributed by atoms with Crippen LogP contribution in [0.15, 0.2) is 42.7 Å². The molecule has 5 atom stereocenters. The fraction of sp³-hybridized carbons (Fsp3) is 0.368. The highest BCUT2D eigenvalue weighted by Crippen LogP contribution is 2.31. The summed E-state index contributed by atoms with van der Waals surface area (Å²) >= 11 is 0. The molecule has 156 valence electrons. The first kappa shape index (κ1) is 21.0. The Morgan fingerprint density at radius 2 is 1.83 bits per heavy atom. The molecule has 2 aromatic rings. The quantitative estimate of drug-likeness (QED) is 0.349. The third kappa shape index (κ3) is 4.63. The zero-order valence-corrected chi connectivity index (χ0v) is 15.3. The third-order valence-electron chi connectivity index (χ3n) is 4.53. The first-order valence-electron chi connectivity index (χ1n) is 8.88. The van der Waals surface area contributed by atoms with Crippen LogP contribution >= 0.6 is 0 Å². The number of aromatic hydroxyl groups is 1. The second kappa shape index (κ2) is 9.16. The van der Waals surface area contributed by atoms with Crippen LogP contribution in [0.3, 0.4) is 0 Å². The van der Waals surface area contributed by atoms with Crippen molar-refractivity contribution in [2.45, 2.75) is 37.3 Å². The van der Waals surface area contributed by atoms with Gasteiger partial charge in [0.1, 0.15) is 41.5 Å². The lowest BCUT2D eigenvalue weighted by atomic mass is 9.99. The molecule has 6 N–H and O–H groups in total. The van der Waals surface area contributed by atoms with Crippen molar-refractivity contribution in [1.82, 2.24) is 10.3 Å². The fourth-order valence-electron chi connectivity index (χ4n) is 2.91. The lowest BCUT2D eigenvalue weighted by Gasteiger charge is -2.39. The summed E-state index contributed by atoms with van der Waals surface area (Å²) in [6.07, 6.45) is -4.32. The molecule has 10 nitrogen and oxygen atoms in total. The van der Waals surface area contributed by atoms with Gasteiger partial charge in [-0.05, 0) is 29.8 Å². The number of phenolic OH excluding ortho intramolecular Hbond substituents is 1. The number of aliphatic hydroxyl groups is 4. The van der Waals surface area contributed by atoms with Gasteiger partial charge in [0.15, 0.2) is 0 Å². The highest BCUT2D eigenvalue weighted by Gasteiger charge is 2.45. The van der Waals surface area contributed by atoms with Crippen molar-refractivity contribution in [3.05, 3.63) is 53.9 Å². The molecule has 29 heavy (non-hydrogen) atoms. The van der Waals surface area contributed by atoms with Gasteiger partial charge in [0.25, 0.3) is 5.91 Å². The maximum absolute atomic E-state index is 12.6. The van der Waals surface area contributed by atoms with E-state index in [2.05, 4.69) is 10.3 Å². The van der Waals surface area contributed by atoms with Crippen LogP contribution in [0.2, 0.25) is 0 Å². The van der Waals surface area contributed by atoms with Crippen LogP contribution in [0.5, 0.6) is 11.5 Å². The molecule has 1 amide bonds. The van der Waals surface area contributed by atoms with E-state index in [4.69, 9.17) is 9.47 Å². The molecule has 1 saturated heterocycles. The first-order valence-corrected chi connectivity index (χ1v) is 8.88. The normalized spacial score (nSPS) is 26.7. The molecule has 1 fully saturated rings. The Bertz CT molecular complexity index is 832. The number of carbonyl (C=O) groups is 1. The fourth-order valence-corrected chi connectivity index (χ4v) is 2.91. The van der Waals surface area contributed by atoms with Crippen LogP contribution in [0.1, 0.15) is 15.9 Å². The molecule has 1 aliphatic rings. The van der Waals surface area contributed by atoms with Crippen molar-refractivity contribution in [1.29, 1.82) is 0 Å². The van der Waals surface area contributed by atoms with E-state index in [1.807, 2.05) is 0 Å². The van der Waals surface area contributed by atoms with Gasteiger partial charge < -0.3 is 40.3 Å². The number of nitrogens with zero attached hydrogens (tertiary/aromatic N) is 1. The van der Waals surface area contributed by atoms with E-state index in [1.165, 1.54) is 18.2 Å². The summed E-state index contributed by atoms with van der Waals surface area (Å²) in [6.45, 7) is -0.445. The number of carbonyl (C=O) groups excluding carboxylic acids is 1. The maximum atomic E-state index is 12.6. The van der Waals surface area contributed by atoms with Gasteiger partial charge in [-0.2, -0.15) is 0 Å². The minimum Gasteiger partial charge on any atom is -0.507 e. The van der Waals surface area contributed by atoms with Gasteiger partial charge >= 0.3 is 0 Å². The molecule has 0 radical (unpaired) electrons. The Kier molecular flexibility index (Phi) is 6.62. The molecule has 1 aromatic heterocycles. The summed E-state index contributed by atoms with van der Waals surface area (Å²) in [4.78, 5) is 16.5. The van der Waals surface area contributed by atoms with Gasteiger partial charge in [0.05, 0.1) is 6.61 Å². The first-order chi connectivity index (χ1) is 13.9. The summed E-state index contributed by atoms with van der Waals surface area (Å²) in [6, 6.07) is 7.53. The number of rotatable bonds is 6. The molecular formula is C19H22N2O8. The van der Waals surface area contributed by atoms with E-state index in [9.17, 15) is 30.3 Å². The van der Waals surface area contributed by atoms with Crippen LogP contribution in [0, 0.1) is 0 Å². The summed E-state index contributed by atoms with van der Waals surface area (Å²) < 4.78 is 10.8. The molecule has 0 spiro atoms. The molecule has 0 saturated carbocycles. The highest BCUT2D eigenvalue weighted by atomic mass is 16.7. The minimum atomic E-state index is -1.65. The second-order valence-electron chi connectivity index (χ2n) is 6.50. The predicted octanol–water partition coefficient (Wildman–Crippen LogP) is -1.10. The molecule has 3 rings (SSSR count). The molecular weight excluding hydrogens is 384 g/mol. The number of phenols is 1. The van der Waals surface area contributed by atoms with E-state index < -0.39 is 43.2 Å². The van der Waals surface area contributed by atoms with Crippen LogP contribution < -0.4 is 10.1 Å². The van der Waals surface area contributed by atoms with E-state index >= 15 is 0 Å². The van der Waals surface area contributed by atoms with Crippen molar-refractivity contribution in [3.63, 3.8) is 0 Å². The maximum Gasteiger partial charge on any atom is 0.259 e. The molecule has 1 aromatic carbocycles. The number of pyridine rings is 1. The zero-order chi connectivity index (χ0) is 21.0. The van der Waals surface area contributed by atoms with E-state index in [0.29, 0.717) is 0 Å². The van der Waals surface area contributed by atoms with Crippen LogP contribution in [0.25, 0.3) is 0 Å². The highest BCUT2D eigenvalue weighted by molar-refractivity contribution is 5.99. The van der Waals surface area contributed by atoms with Gasteiger partial charge in [-0.3, -0.25) is 9.78 Å². The van der Waals surface area contributed by atoms with Crippen LogP contribution in [-0.4, -0.2) is 73.7 Å². The van der Waals surface area contributed by atoms with Gasteiger partial charge in [0, 0.05) is 18.9 Å². The number of benzene rings is 1. The predicted molar refractivity (Wildman–Crippen MR) is 97.9 cm³/mol. The Morgan fingerprint density at radius 3 is 2.52 bits per heavy atom. The summed E-state index contributed by atoms with van der Waals surface area (Å²) in [7, 11) is 0. The average molecular weight is 406 g/mol. The number of aromatic nitrogens is 1. The van der Waals surface area contributed by atoms with Crippen molar-refractivity contribution < 1.29 is 39.8 Å². The number of nitrogens with one attached hydrogen (secondary N) is 1. The number of ether oxygens (including phenoxy) is 2. The Hall–Kier alpha value is -2.76. The monoisotopic (exact) mass is 406 g/mol. The van der Waals surface area contributed by atoms with Crippen molar-refractivity contribution in [3.8, 4) is 11.5 Å². The van der Waals surface area contributed by atoms with E-state index in [-0.39, 0.29) is 23.6 Å². The van der Waals surface area contributed by atoms with Crippen molar-refractivity contribution in [2.24, 2.45) is 0 Å². The van der Waals surface area contributed by atoms with Crippen molar-refractivity contribution in [2.75, 3.05) is 6.61 Å². The summed E-state index contributed by atoms with van der Waals surface area (Å²) in [5.74, 6) is -1.11. The van der Waals surface area contributed by atoms with Gasteiger partial charge in [-0.15, -0.1) is 0 Å². The number of hydrogen-bond donors (Lipinski definition) is 6. The number of hydrogen-bond acceptors (Lipinski definition) is 9. The molecule has 2 heterocycles. The number of amides is 1. The van der Waals surface area contributed by atoms with Gasteiger partial charge in [-0.1, -0.05) is 6.07 Å². The van der Waals surface area contributed by atoms with Gasteiger partial charge in [0.2, 0.25) is 6.29 Å². The number of aliphatic hydroxyl groups excluding tert-OH is 4. The Morgan fingerprint density at radius 1 is 1.10 bits per heavy atom. The second-order valence-corrected chi connectivity index (χ2v) is 6.50. The summed E-state index contributed by atoms with van der Waals surface area (Å²) in [5, 5.41) is 51.9. The molecule has 10 heteroatoms. The van der Waals surface area contributed by atoms with Crippen LogP contribution in [0.4, 0.5) is 0 Å².